The molecule has 2 amide bonds. The van der Waals surface area contributed by atoms with Crippen LogP contribution in [0, 0.1) is 12.3 Å². The van der Waals surface area contributed by atoms with E-state index < -0.39 is 12.6 Å². The number of carbonyl (C=O) groups is 1. The van der Waals surface area contributed by atoms with Gasteiger partial charge in [0.25, 0.3) is 0 Å². The molecule has 20 heavy (non-hydrogen) atoms. The minimum atomic E-state index is -2.95. The van der Waals surface area contributed by atoms with Crippen molar-refractivity contribution < 1.29 is 18.3 Å². The number of hydrogen-bond acceptors (Lipinski definition) is 2. The van der Waals surface area contributed by atoms with Crippen molar-refractivity contribution in [1.82, 2.24) is 5.32 Å². The van der Waals surface area contributed by atoms with Gasteiger partial charge in [-0.15, -0.1) is 12.3 Å². The zero-order valence-electron chi connectivity index (χ0n) is 11.0. The minimum absolute atomic E-state index is 0.0948. The number of anilines is 1. The number of benzene rings is 1. The number of halogens is 2. The molecule has 1 rings (SSSR count). The number of alkyl halides is 2. The molecule has 0 unspecified atom stereocenters. The lowest BCUT2D eigenvalue weighted by molar-refractivity contribution is -0.0493. The number of rotatable bonds is 6. The second kappa shape index (κ2) is 8.00. The Bertz CT molecular complexity index is 486. The van der Waals surface area contributed by atoms with Crippen molar-refractivity contribution in [3.05, 3.63) is 24.3 Å². The smallest absolute Gasteiger partial charge is 0.387 e. The number of urea groups is 1. The first-order valence-corrected chi connectivity index (χ1v) is 6.11. The van der Waals surface area contributed by atoms with Gasteiger partial charge in [0.1, 0.15) is 5.75 Å². The topological polar surface area (TPSA) is 50.4 Å². The molecule has 0 saturated carbocycles. The highest BCUT2D eigenvalue weighted by Crippen LogP contribution is 2.25. The van der Waals surface area contributed by atoms with E-state index in [1.54, 1.807) is 6.07 Å². The summed E-state index contributed by atoms with van der Waals surface area (Å²) in [6.45, 7) is -1.07. The van der Waals surface area contributed by atoms with E-state index in [1.807, 2.05) is 6.92 Å². The molecule has 0 radical (unpaired) electrons. The highest BCUT2D eigenvalue weighted by molar-refractivity contribution is 5.91. The SMILES string of the molecule is C#CC[C@@H](CC)NC(=O)Nc1ccccc1OC(F)F. The van der Waals surface area contributed by atoms with Crippen molar-refractivity contribution in [1.29, 1.82) is 0 Å². The monoisotopic (exact) mass is 282 g/mol. The summed E-state index contributed by atoms with van der Waals surface area (Å²) in [5.74, 6) is 2.36. The highest BCUT2D eigenvalue weighted by atomic mass is 19.3. The Morgan fingerprint density at radius 2 is 2.15 bits per heavy atom. The largest absolute Gasteiger partial charge is 0.433 e. The standard InChI is InChI=1S/C14H16F2N2O2/c1-3-7-10(4-2)17-14(19)18-11-8-5-6-9-12(11)20-13(15)16/h1,5-6,8-10,13H,4,7H2,2H3,(H2,17,18,19)/t10-/m1/s1. The van der Waals surface area contributed by atoms with Crippen molar-refractivity contribution in [2.24, 2.45) is 0 Å². The van der Waals surface area contributed by atoms with Gasteiger partial charge < -0.3 is 15.4 Å². The number of nitrogens with one attached hydrogen (secondary N) is 2. The van der Waals surface area contributed by atoms with Gasteiger partial charge in [-0.2, -0.15) is 8.78 Å². The number of carbonyl (C=O) groups excluding carboxylic acids is 1. The van der Waals surface area contributed by atoms with E-state index in [-0.39, 0.29) is 17.5 Å². The molecule has 0 aromatic heterocycles. The molecule has 4 nitrogen and oxygen atoms in total. The maximum atomic E-state index is 12.2. The van der Waals surface area contributed by atoms with Gasteiger partial charge >= 0.3 is 12.6 Å². The lowest BCUT2D eigenvalue weighted by atomic mass is 10.1. The van der Waals surface area contributed by atoms with Gasteiger partial charge in [-0.05, 0) is 18.6 Å². The maximum Gasteiger partial charge on any atom is 0.387 e. The molecule has 108 valence electrons. The van der Waals surface area contributed by atoms with Crippen molar-refractivity contribution in [3.63, 3.8) is 0 Å². The van der Waals surface area contributed by atoms with Crippen LogP contribution < -0.4 is 15.4 Å². The van der Waals surface area contributed by atoms with Crippen LogP contribution in [0.2, 0.25) is 0 Å². The number of para-hydroxylation sites is 2. The number of amides is 2. The van der Waals surface area contributed by atoms with Gasteiger partial charge in [-0.25, -0.2) is 4.79 Å². The third-order valence-electron chi connectivity index (χ3n) is 2.54. The van der Waals surface area contributed by atoms with Crippen LogP contribution in [-0.2, 0) is 0 Å². The Kier molecular flexibility index (Phi) is 6.30. The van der Waals surface area contributed by atoms with Gasteiger partial charge in [0.2, 0.25) is 0 Å². The van der Waals surface area contributed by atoms with Gasteiger partial charge in [0.05, 0.1) is 5.69 Å². The second-order valence-corrected chi connectivity index (χ2v) is 3.99. The first kappa shape index (κ1) is 15.8. The molecular weight excluding hydrogens is 266 g/mol. The van der Waals surface area contributed by atoms with Crippen LogP contribution in [0.4, 0.5) is 19.3 Å². The zero-order chi connectivity index (χ0) is 15.0. The summed E-state index contributed by atoms with van der Waals surface area (Å²) in [6, 6.07) is 5.28. The molecule has 0 aliphatic carbocycles. The fourth-order valence-electron chi connectivity index (χ4n) is 1.55. The average Bonchev–Trinajstić information content (AvgIpc) is 2.40. The Morgan fingerprint density at radius 3 is 2.75 bits per heavy atom. The van der Waals surface area contributed by atoms with Crippen LogP contribution in [0.1, 0.15) is 19.8 Å². The van der Waals surface area contributed by atoms with Crippen LogP contribution in [0.25, 0.3) is 0 Å². The molecule has 0 fully saturated rings. The molecule has 1 atom stereocenters. The first-order chi connectivity index (χ1) is 9.56. The summed E-state index contributed by atoms with van der Waals surface area (Å²) >= 11 is 0. The van der Waals surface area contributed by atoms with Crippen LogP contribution in [-0.4, -0.2) is 18.7 Å². The summed E-state index contributed by atoms with van der Waals surface area (Å²) in [5, 5.41) is 5.12. The molecule has 1 aromatic carbocycles. The predicted octanol–water partition coefficient (Wildman–Crippen LogP) is 3.21. The van der Waals surface area contributed by atoms with E-state index in [4.69, 9.17) is 6.42 Å². The molecule has 1 aromatic rings. The average molecular weight is 282 g/mol. The lowest BCUT2D eigenvalue weighted by Gasteiger charge is -2.16. The van der Waals surface area contributed by atoms with E-state index in [0.717, 1.165) is 0 Å². The minimum Gasteiger partial charge on any atom is -0.433 e. The fourth-order valence-corrected chi connectivity index (χ4v) is 1.55. The van der Waals surface area contributed by atoms with Gasteiger partial charge in [0.15, 0.2) is 0 Å². The van der Waals surface area contributed by atoms with Crippen LogP contribution in [0.5, 0.6) is 5.75 Å². The van der Waals surface area contributed by atoms with Crippen LogP contribution in [0.3, 0.4) is 0 Å². The molecule has 0 saturated heterocycles. The second-order valence-electron chi connectivity index (χ2n) is 3.99. The summed E-state index contributed by atoms with van der Waals surface area (Å²) in [5.41, 5.74) is 0.167. The van der Waals surface area contributed by atoms with E-state index in [0.29, 0.717) is 12.8 Å². The summed E-state index contributed by atoms with van der Waals surface area (Å²) in [7, 11) is 0. The van der Waals surface area contributed by atoms with Gasteiger partial charge in [0, 0.05) is 12.5 Å². The van der Waals surface area contributed by atoms with Crippen molar-refractivity contribution in [2.45, 2.75) is 32.4 Å². The normalized spacial score (nSPS) is 11.6. The fraction of sp³-hybridized carbons (Fsp3) is 0.357. The van der Waals surface area contributed by atoms with Gasteiger partial charge in [-0.3, -0.25) is 0 Å². The third-order valence-corrected chi connectivity index (χ3v) is 2.54. The zero-order valence-corrected chi connectivity index (χ0v) is 11.0. The molecule has 2 N–H and O–H groups in total. The lowest BCUT2D eigenvalue weighted by Crippen LogP contribution is -2.37. The number of terminal acetylenes is 1. The molecule has 0 heterocycles. The molecule has 0 bridgehead atoms. The van der Waals surface area contributed by atoms with E-state index in [2.05, 4.69) is 21.3 Å². The number of hydrogen-bond donors (Lipinski definition) is 2. The van der Waals surface area contributed by atoms with Gasteiger partial charge in [-0.1, -0.05) is 19.1 Å². The van der Waals surface area contributed by atoms with Crippen LogP contribution in [0.15, 0.2) is 24.3 Å². The molecule has 0 spiro atoms. The predicted molar refractivity (Wildman–Crippen MR) is 72.8 cm³/mol. The van der Waals surface area contributed by atoms with E-state index >= 15 is 0 Å². The number of ether oxygens (including phenoxy) is 1. The highest BCUT2D eigenvalue weighted by Gasteiger charge is 2.13. The van der Waals surface area contributed by atoms with Crippen molar-refractivity contribution in [3.8, 4) is 18.1 Å². The molecule has 6 heteroatoms. The Labute approximate surface area is 116 Å². The van der Waals surface area contributed by atoms with Crippen LogP contribution >= 0.6 is 0 Å². The summed E-state index contributed by atoms with van der Waals surface area (Å²) < 4.78 is 28.8. The summed E-state index contributed by atoms with van der Waals surface area (Å²) in [4.78, 5) is 11.8. The molecular formula is C14H16F2N2O2. The Balaban J connectivity index is 2.68. The summed E-state index contributed by atoms with van der Waals surface area (Å²) in [6.07, 6.45) is 6.26. The third kappa shape index (κ3) is 5.14. The van der Waals surface area contributed by atoms with E-state index in [9.17, 15) is 13.6 Å². The molecule has 0 aliphatic rings. The van der Waals surface area contributed by atoms with E-state index in [1.165, 1.54) is 18.2 Å². The maximum absolute atomic E-state index is 12.2. The Hall–Kier alpha value is -2.29. The Morgan fingerprint density at radius 1 is 1.45 bits per heavy atom. The van der Waals surface area contributed by atoms with Crippen molar-refractivity contribution >= 4 is 11.7 Å². The first-order valence-electron chi connectivity index (χ1n) is 6.11. The quantitative estimate of drug-likeness (QED) is 0.787. The molecule has 0 aliphatic heterocycles. The van der Waals surface area contributed by atoms with Crippen molar-refractivity contribution in [2.75, 3.05) is 5.32 Å².